The van der Waals surface area contributed by atoms with Gasteiger partial charge >= 0.3 is 11.9 Å². The molecule has 0 saturated heterocycles. The summed E-state index contributed by atoms with van der Waals surface area (Å²) in [6, 6.07) is 0. The van der Waals surface area contributed by atoms with Crippen molar-refractivity contribution < 1.29 is 19.4 Å². The molecule has 0 saturated carbocycles. The molecular formula is C57H110O4. The van der Waals surface area contributed by atoms with Gasteiger partial charge < -0.3 is 9.84 Å². The Labute approximate surface area is 383 Å². The Morgan fingerprint density at radius 2 is 0.393 bits per heavy atom. The lowest BCUT2D eigenvalue weighted by atomic mass is 10.0. The molecule has 4 heteroatoms. The first-order chi connectivity index (χ1) is 30.2. The Morgan fingerprint density at radius 1 is 0.262 bits per heavy atom. The molecule has 0 aliphatic rings. The molecule has 0 aliphatic carbocycles. The number of carboxylic acids is 1. The molecule has 0 aromatic heterocycles. The fraction of sp³-hybridized carbons (Fsp3) is 0.930. The molecule has 0 fully saturated rings. The highest BCUT2D eigenvalue weighted by atomic mass is 16.5. The van der Waals surface area contributed by atoms with Crippen molar-refractivity contribution >= 4 is 11.9 Å². The zero-order valence-corrected chi connectivity index (χ0v) is 41.4. The molecule has 0 atom stereocenters. The van der Waals surface area contributed by atoms with E-state index in [1.165, 1.54) is 308 Å². The molecule has 0 spiro atoms. The molecule has 61 heavy (non-hydrogen) atoms. The van der Waals surface area contributed by atoms with E-state index >= 15 is 0 Å². The number of carboxylic acid groups (broad SMARTS) is 1. The van der Waals surface area contributed by atoms with Crippen LogP contribution >= 0.6 is 0 Å². The number of carbonyl (C=O) groups excluding carboxylic acids is 1. The van der Waals surface area contributed by atoms with Gasteiger partial charge in [-0.3, -0.25) is 9.59 Å². The van der Waals surface area contributed by atoms with Gasteiger partial charge in [-0.2, -0.15) is 0 Å². The van der Waals surface area contributed by atoms with Crippen LogP contribution in [0.3, 0.4) is 0 Å². The maximum atomic E-state index is 11.3. The number of ether oxygens (including phenoxy) is 1. The predicted molar refractivity (Wildman–Crippen MR) is 269 cm³/mol. The fourth-order valence-electron chi connectivity index (χ4n) is 9.36. The van der Waals surface area contributed by atoms with Crippen LogP contribution in [0.2, 0.25) is 0 Å². The van der Waals surface area contributed by atoms with E-state index in [9.17, 15) is 9.59 Å². The minimum atomic E-state index is -0.648. The van der Waals surface area contributed by atoms with Gasteiger partial charge in [-0.1, -0.05) is 321 Å². The lowest BCUT2D eigenvalue weighted by Crippen LogP contribution is -1.98. The Morgan fingerprint density at radius 3 is 0.525 bits per heavy atom. The largest absolute Gasteiger partial charge is 0.481 e. The van der Waals surface area contributed by atoms with Crippen LogP contribution in [0.15, 0.2) is 12.8 Å². The first kappa shape index (κ1) is 59.7. The number of carbonyl (C=O) groups is 2. The molecule has 0 radical (unpaired) electrons. The van der Waals surface area contributed by atoms with Crippen LogP contribution in [-0.2, 0) is 14.3 Å². The third-order valence-corrected chi connectivity index (χ3v) is 13.5. The van der Waals surface area contributed by atoms with Crippen LogP contribution in [-0.4, -0.2) is 17.0 Å². The van der Waals surface area contributed by atoms with Gasteiger partial charge in [0.2, 0.25) is 0 Å². The smallest absolute Gasteiger partial charge is 0.310 e. The summed E-state index contributed by atoms with van der Waals surface area (Å²) in [6.45, 7) is 3.42. The number of hydrogen-bond acceptors (Lipinski definition) is 3. The molecule has 0 aromatic rings. The maximum absolute atomic E-state index is 11.3. The summed E-state index contributed by atoms with van der Waals surface area (Å²) in [5.41, 5.74) is 0. The Kier molecular flexibility index (Phi) is 53.6. The molecule has 0 rings (SSSR count). The van der Waals surface area contributed by atoms with Crippen molar-refractivity contribution in [3.05, 3.63) is 12.8 Å². The minimum Gasteiger partial charge on any atom is -0.481 e. The average molecular weight is 860 g/mol. The molecule has 0 unspecified atom stereocenters. The van der Waals surface area contributed by atoms with Gasteiger partial charge in [0.05, 0.1) is 6.26 Å². The molecular weight excluding hydrogens is 749 g/mol. The van der Waals surface area contributed by atoms with Gasteiger partial charge in [0.1, 0.15) is 0 Å². The lowest BCUT2D eigenvalue weighted by molar-refractivity contribution is -0.138. The molecule has 4 nitrogen and oxygen atoms in total. The first-order valence-corrected chi connectivity index (χ1v) is 28.2. The molecule has 1 N–H and O–H groups in total. The lowest BCUT2D eigenvalue weighted by Gasteiger charge is -2.05. The van der Waals surface area contributed by atoms with E-state index in [1.807, 2.05) is 0 Å². The van der Waals surface area contributed by atoms with Crippen LogP contribution in [0.25, 0.3) is 0 Å². The number of hydrogen-bond donors (Lipinski definition) is 1. The van der Waals surface area contributed by atoms with Crippen LogP contribution < -0.4 is 0 Å². The van der Waals surface area contributed by atoms with E-state index in [2.05, 4.69) is 6.58 Å². The SMILES string of the molecule is C=COC(=O)CCCCCCCCCCCCCCCCCCCCCCCCCCCCCCCCCCCCCCCCCCCCCCCCCCCCCC(=O)O. The monoisotopic (exact) mass is 859 g/mol. The highest BCUT2D eigenvalue weighted by Gasteiger charge is 2.02. The van der Waals surface area contributed by atoms with Crippen LogP contribution in [0.1, 0.15) is 340 Å². The summed E-state index contributed by atoms with van der Waals surface area (Å²) in [7, 11) is 0. The van der Waals surface area contributed by atoms with Crippen molar-refractivity contribution in [2.24, 2.45) is 0 Å². The number of aliphatic carboxylic acids is 1. The second kappa shape index (κ2) is 54.8. The van der Waals surface area contributed by atoms with Crippen LogP contribution in [0, 0.1) is 0 Å². The van der Waals surface area contributed by atoms with E-state index in [0.717, 1.165) is 25.7 Å². The summed E-state index contributed by atoms with van der Waals surface area (Å²) in [6.07, 6.45) is 73.5. The molecule has 0 amide bonds. The second-order valence-electron chi connectivity index (χ2n) is 19.6. The van der Waals surface area contributed by atoms with Gasteiger partial charge in [-0.25, -0.2) is 0 Å². The minimum absolute atomic E-state index is 0.144. The molecule has 0 aromatic carbocycles. The van der Waals surface area contributed by atoms with Crippen molar-refractivity contribution in [3.63, 3.8) is 0 Å². The van der Waals surface area contributed by atoms with Crippen molar-refractivity contribution in [1.82, 2.24) is 0 Å². The molecule has 362 valence electrons. The zero-order valence-electron chi connectivity index (χ0n) is 41.4. The summed E-state index contributed by atoms with van der Waals surface area (Å²) in [4.78, 5) is 21.8. The fourth-order valence-corrected chi connectivity index (χ4v) is 9.36. The van der Waals surface area contributed by atoms with Crippen LogP contribution in [0.4, 0.5) is 0 Å². The predicted octanol–water partition coefficient (Wildman–Crippen LogP) is 20.4. The van der Waals surface area contributed by atoms with Gasteiger partial charge in [0.25, 0.3) is 0 Å². The zero-order chi connectivity index (χ0) is 44.0. The third kappa shape index (κ3) is 56.7. The molecule has 0 heterocycles. The van der Waals surface area contributed by atoms with Crippen LogP contribution in [0.5, 0.6) is 0 Å². The third-order valence-electron chi connectivity index (χ3n) is 13.5. The van der Waals surface area contributed by atoms with Crippen molar-refractivity contribution in [2.75, 3.05) is 0 Å². The van der Waals surface area contributed by atoms with E-state index in [-0.39, 0.29) is 5.97 Å². The van der Waals surface area contributed by atoms with Gasteiger partial charge in [0.15, 0.2) is 0 Å². The van der Waals surface area contributed by atoms with E-state index in [1.54, 1.807) is 0 Å². The quantitative estimate of drug-likeness (QED) is 0.0376. The summed E-state index contributed by atoms with van der Waals surface area (Å²) in [5.74, 6) is -0.792. The highest BCUT2D eigenvalue weighted by molar-refractivity contribution is 5.69. The maximum Gasteiger partial charge on any atom is 0.310 e. The van der Waals surface area contributed by atoms with E-state index < -0.39 is 5.97 Å². The highest BCUT2D eigenvalue weighted by Crippen LogP contribution is 2.19. The Bertz CT molecular complexity index is 854. The van der Waals surface area contributed by atoms with E-state index in [4.69, 9.17) is 9.84 Å². The number of unbranched alkanes of at least 4 members (excludes halogenated alkanes) is 50. The van der Waals surface area contributed by atoms with Gasteiger partial charge in [-0.15, -0.1) is 0 Å². The summed E-state index contributed by atoms with van der Waals surface area (Å²) in [5, 5.41) is 8.67. The second-order valence-corrected chi connectivity index (χ2v) is 19.6. The summed E-state index contributed by atoms with van der Waals surface area (Å²) >= 11 is 0. The van der Waals surface area contributed by atoms with Gasteiger partial charge in [0, 0.05) is 12.8 Å². The molecule has 0 bridgehead atoms. The topological polar surface area (TPSA) is 63.6 Å². The average Bonchev–Trinajstić information content (AvgIpc) is 3.25. The van der Waals surface area contributed by atoms with E-state index in [0.29, 0.717) is 12.8 Å². The number of esters is 1. The summed E-state index contributed by atoms with van der Waals surface area (Å²) < 4.78 is 4.75. The standard InChI is InChI=1S/C57H110O4/c1-2-61-57(60)55-53-51-49-47-45-43-41-39-37-35-33-31-29-27-25-23-21-19-17-15-13-11-9-7-5-3-4-6-8-10-12-14-16-18-20-22-24-26-28-30-32-34-36-38-40-42-44-46-48-50-52-54-56(58)59/h2H,1,3-55H2,(H,58,59). The normalized spacial score (nSPS) is 11.4. The van der Waals surface area contributed by atoms with Gasteiger partial charge in [-0.05, 0) is 12.8 Å². The molecule has 0 aliphatic heterocycles. The first-order valence-electron chi connectivity index (χ1n) is 28.2. The van der Waals surface area contributed by atoms with Crippen molar-refractivity contribution in [1.29, 1.82) is 0 Å². The number of rotatable bonds is 55. The van der Waals surface area contributed by atoms with Crippen molar-refractivity contribution in [2.45, 2.75) is 340 Å². The Hall–Kier alpha value is -1.32. The van der Waals surface area contributed by atoms with Crippen molar-refractivity contribution in [3.8, 4) is 0 Å². The Balaban J connectivity index is 3.08.